The molecule has 0 heterocycles. The molecule has 1 aliphatic carbocycles. The van der Waals surface area contributed by atoms with Crippen LogP contribution in [0, 0.1) is 23.5 Å². The molecule has 0 unspecified atom stereocenters. The highest BCUT2D eigenvalue weighted by Crippen LogP contribution is 2.41. The lowest BCUT2D eigenvalue weighted by Crippen LogP contribution is -2.32. The Balaban J connectivity index is 2.13. The van der Waals surface area contributed by atoms with Crippen molar-refractivity contribution in [1.82, 2.24) is 4.90 Å². The summed E-state index contributed by atoms with van der Waals surface area (Å²) in [5, 5.41) is 8.81. The quantitative estimate of drug-likeness (QED) is 0.921. The zero-order valence-electron chi connectivity index (χ0n) is 11.1. The molecule has 3 atom stereocenters. The lowest BCUT2D eigenvalue weighted by molar-refractivity contribution is -0.142. The van der Waals surface area contributed by atoms with Crippen molar-refractivity contribution in [3.63, 3.8) is 0 Å². The van der Waals surface area contributed by atoms with E-state index in [9.17, 15) is 18.4 Å². The van der Waals surface area contributed by atoms with E-state index < -0.39 is 35.5 Å². The molecule has 1 aromatic carbocycles. The van der Waals surface area contributed by atoms with Crippen molar-refractivity contribution in [2.24, 2.45) is 11.8 Å². The third-order valence-electron chi connectivity index (χ3n) is 3.76. The van der Waals surface area contributed by atoms with E-state index in [0.717, 1.165) is 18.2 Å². The fraction of sp³-hybridized carbons (Fsp3) is 0.429. The van der Waals surface area contributed by atoms with Gasteiger partial charge in [0.2, 0.25) is 5.91 Å². The van der Waals surface area contributed by atoms with E-state index in [0.29, 0.717) is 6.42 Å². The van der Waals surface area contributed by atoms with E-state index in [2.05, 4.69) is 0 Å². The van der Waals surface area contributed by atoms with Gasteiger partial charge in [0.25, 0.3) is 0 Å². The zero-order chi connectivity index (χ0) is 15.0. The molecule has 0 aliphatic heterocycles. The molecule has 1 aromatic rings. The summed E-state index contributed by atoms with van der Waals surface area (Å²) in [5.41, 5.74) is 0.0772. The molecule has 0 spiro atoms. The molecule has 1 N–H and O–H groups in total. The average Bonchev–Trinajstić information content (AvgIpc) is 3.19. The van der Waals surface area contributed by atoms with Gasteiger partial charge in [-0.2, -0.15) is 0 Å². The highest BCUT2D eigenvalue weighted by Gasteiger charge is 2.49. The second-order valence-corrected chi connectivity index (χ2v) is 5.08. The fourth-order valence-corrected chi connectivity index (χ4v) is 2.24. The van der Waals surface area contributed by atoms with E-state index in [1.54, 1.807) is 6.92 Å². The Kier molecular flexibility index (Phi) is 3.74. The molecule has 108 valence electrons. The predicted octanol–water partition coefficient (Wildman–Crippen LogP) is 2.20. The number of nitrogens with zero attached hydrogens (tertiary/aromatic N) is 1. The highest BCUT2D eigenvalue weighted by atomic mass is 19.1. The van der Waals surface area contributed by atoms with Gasteiger partial charge in [0.15, 0.2) is 0 Å². The van der Waals surface area contributed by atoms with Gasteiger partial charge in [-0.1, -0.05) is 0 Å². The van der Waals surface area contributed by atoms with Crippen LogP contribution in [0.1, 0.15) is 24.9 Å². The fourth-order valence-electron chi connectivity index (χ4n) is 2.24. The number of benzene rings is 1. The molecular formula is C14H15F2NO3. The summed E-state index contributed by atoms with van der Waals surface area (Å²) in [5.74, 6) is -3.74. The number of amides is 1. The first kappa shape index (κ1) is 14.4. The van der Waals surface area contributed by atoms with Crippen molar-refractivity contribution < 1.29 is 23.5 Å². The Labute approximate surface area is 115 Å². The standard InChI is InChI=1S/C14H15F2NO3/c1-7(9-5-8(15)3-4-12(9)16)17(2)13(18)10-6-11(10)14(19)20/h3-5,7,10-11H,6H2,1-2H3,(H,19,20)/t7-,10-,11-/m1/s1. The molecule has 0 bridgehead atoms. The number of hydrogen-bond donors (Lipinski definition) is 1. The lowest BCUT2D eigenvalue weighted by Gasteiger charge is -2.26. The van der Waals surface area contributed by atoms with Crippen LogP contribution in [0.2, 0.25) is 0 Å². The van der Waals surface area contributed by atoms with E-state index in [-0.39, 0.29) is 11.5 Å². The van der Waals surface area contributed by atoms with Gasteiger partial charge in [0.1, 0.15) is 11.6 Å². The van der Waals surface area contributed by atoms with Crippen LogP contribution < -0.4 is 0 Å². The summed E-state index contributed by atoms with van der Waals surface area (Å²) >= 11 is 0. The van der Waals surface area contributed by atoms with Crippen LogP contribution in [0.5, 0.6) is 0 Å². The Hall–Kier alpha value is -1.98. The molecule has 2 rings (SSSR count). The van der Waals surface area contributed by atoms with E-state index in [1.165, 1.54) is 11.9 Å². The van der Waals surface area contributed by atoms with Crippen molar-refractivity contribution in [1.29, 1.82) is 0 Å². The normalized spacial score (nSPS) is 22.2. The van der Waals surface area contributed by atoms with Gasteiger partial charge in [0.05, 0.1) is 17.9 Å². The largest absolute Gasteiger partial charge is 0.481 e. The summed E-state index contributed by atoms with van der Waals surface area (Å²) in [4.78, 5) is 24.1. The number of rotatable bonds is 4. The summed E-state index contributed by atoms with van der Waals surface area (Å²) in [6.45, 7) is 1.58. The van der Waals surface area contributed by atoms with Crippen molar-refractivity contribution in [2.45, 2.75) is 19.4 Å². The number of halogens is 2. The molecule has 1 saturated carbocycles. The van der Waals surface area contributed by atoms with Gasteiger partial charge in [-0.05, 0) is 31.5 Å². The first-order chi connectivity index (χ1) is 9.32. The topological polar surface area (TPSA) is 57.6 Å². The monoisotopic (exact) mass is 283 g/mol. The van der Waals surface area contributed by atoms with Crippen LogP contribution in [-0.2, 0) is 9.59 Å². The van der Waals surface area contributed by atoms with Crippen LogP contribution in [0.3, 0.4) is 0 Å². The van der Waals surface area contributed by atoms with Crippen molar-refractivity contribution >= 4 is 11.9 Å². The Morgan fingerprint density at radius 1 is 1.35 bits per heavy atom. The molecule has 0 aromatic heterocycles. The molecule has 1 aliphatic rings. The molecule has 4 nitrogen and oxygen atoms in total. The maximum absolute atomic E-state index is 13.7. The third kappa shape index (κ3) is 2.64. The Morgan fingerprint density at radius 2 is 2.00 bits per heavy atom. The molecule has 0 radical (unpaired) electrons. The second-order valence-electron chi connectivity index (χ2n) is 5.08. The van der Waals surface area contributed by atoms with Crippen molar-refractivity contribution in [3.05, 3.63) is 35.4 Å². The molecule has 1 fully saturated rings. The Morgan fingerprint density at radius 3 is 2.55 bits per heavy atom. The van der Waals surface area contributed by atoms with Crippen LogP contribution in [-0.4, -0.2) is 28.9 Å². The average molecular weight is 283 g/mol. The first-order valence-corrected chi connectivity index (χ1v) is 6.27. The number of carbonyl (C=O) groups is 2. The SMILES string of the molecule is C[C@H](c1cc(F)ccc1F)N(C)C(=O)[C@@H]1C[C@H]1C(=O)O. The summed E-state index contributed by atoms with van der Waals surface area (Å²) in [6, 6.07) is 2.41. The number of hydrogen-bond acceptors (Lipinski definition) is 2. The van der Waals surface area contributed by atoms with Crippen molar-refractivity contribution in [3.8, 4) is 0 Å². The number of carbonyl (C=O) groups excluding carboxylic acids is 1. The van der Waals surface area contributed by atoms with Gasteiger partial charge in [-0.25, -0.2) is 8.78 Å². The van der Waals surface area contributed by atoms with Gasteiger partial charge in [-0.3, -0.25) is 9.59 Å². The van der Waals surface area contributed by atoms with E-state index >= 15 is 0 Å². The number of aliphatic carboxylic acids is 1. The minimum atomic E-state index is -0.999. The minimum absolute atomic E-state index is 0.0772. The highest BCUT2D eigenvalue weighted by molar-refractivity contribution is 5.89. The van der Waals surface area contributed by atoms with Gasteiger partial charge in [-0.15, -0.1) is 0 Å². The predicted molar refractivity (Wildman–Crippen MR) is 66.8 cm³/mol. The van der Waals surface area contributed by atoms with Crippen LogP contribution >= 0.6 is 0 Å². The minimum Gasteiger partial charge on any atom is -0.481 e. The third-order valence-corrected chi connectivity index (χ3v) is 3.76. The first-order valence-electron chi connectivity index (χ1n) is 6.27. The summed E-state index contributed by atoms with van der Waals surface area (Å²) < 4.78 is 26.8. The van der Waals surface area contributed by atoms with Crippen molar-refractivity contribution in [2.75, 3.05) is 7.05 Å². The van der Waals surface area contributed by atoms with Gasteiger partial charge < -0.3 is 10.0 Å². The van der Waals surface area contributed by atoms with Crippen LogP contribution in [0.25, 0.3) is 0 Å². The molecule has 6 heteroatoms. The summed E-state index contributed by atoms with van der Waals surface area (Å²) in [6.07, 6.45) is 0.302. The number of carboxylic acid groups (broad SMARTS) is 1. The van der Waals surface area contributed by atoms with Crippen LogP contribution in [0.15, 0.2) is 18.2 Å². The van der Waals surface area contributed by atoms with E-state index in [1.807, 2.05) is 0 Å². The lowest BCUT2D eigenvalue weighted by atomic mass is 10.1. The molecule has 20 heavy (non-hydrogen) atoms. The molecule has 1 amide bonds. The molecular weight excluding hydrogens is 268 g/mol. The zero-order valence-corrected chi connectivity index (χ0v) is 11.1. The molecule has 0 saturated heterocycles. The maximum atomic E-state index is 13.7. The smallest absolute Gasteiger partial charge is 0.307 e. The second kappa shape index (κ2) is 5.19. The van der Waals surface area contributed by atoms with Gasteiger partial charge in [0, 0.05) is 12.6 Å². The van der Waals surface area contributed by atoms with Gasteiger partial charge >= 0.3 is 5.97 Å². The van der Waals surface area contributed by atoms with E-state index in [4.69, 9.17) is 5.11 Å². The maximum Gasteiger partial charge on any atom is 0.307 e. The number of carboxylic acids is 1. The summed E-state index contributed by atoms with van der Waals surface area (Å²) in [7, 11) is 1.47. The van der Waals surface area contributed by atoms with Crippen LogP contribution in [0.4, 0.5) is 8.78 Å². The Bertz CT molecular complexity index is 561.